The fourth-order valence-electron chi connectivity index (χ4n) is 1.94. The molecule has 0 spiro atoms. The van der Waals surface area contributed by atoms with Gasteiger partial charge in [-0.2, -0.15) is 11.3 Å². The Morgan fingerprint density at radius 2 is 2.18 bits per heavy atom. The maximum Gasteiger partial charge on any atom is 0.123 e. The molecule has 1 atom stereocenters. The summed E-state index contributed by atoms with van der Waals surface area (Å²) in [7, 11) is 1.94. The van der Waals surface area contributed by atoms with Crippen LogP contribution in [0.25, 0.3) is 0 Å². The molecule has 2 aromatic rings. The van der Waals surface area contributed by atoms with Crippen molar-refractivity contribution in [2.45, 2.75) is 19.4 Å². The Balaban J connectivity index is 2.21. The van der Waals surface area contributed by atoms with E-state index in [0.29, 0.717) is 0 Å². The second kappa shape index (κ2) is 5.43. The van der Waals surface area contributed by atoms with Gasteiger partial charge in [0.15, 0.2) is 0 Å². The van der Waals surface area contributed by atoms with Crippen molar-refractivity contribution in [3.63, 3.8) is 0 Å². The topological polar surface area (TPSA) is 12.0 Å². The number of hydrogen-bond donors (Lipinski definition) is 1. The largest absolute Gasteiger partial charge is 0.313 e. The number of thiophene rings is 1. The number of benzene rings is 1. The lowest BCUT2D eigenvalue weighted by Crippen LogP contribution is -2.18. The molecule has 1 N–H and O–H groups in total. The van der Waals surface area contributed by atoms with E-state index < -0.39 is 0 Å². The Morgan fingerprint density at radius 1 is 1.35 bits per heavy atom. The predicted octanol–water partition coefficient (Wildman–Crippen LogP) is 3.70. The summed E-state index contributed by atoms with van der Waals surface area (Å²) >= 11 is 1.69. The standard InChI is InChI=1S/C14H16FNS/c1-10-3-4-13(15)7-12(10)8-14(16-2)11-5-6-17-9-11/h3-7,9,14,16H,8H2,1-2H3. The van der Waals surface area contributed by atoms with Crippen molar-refractivity contribution >= 4 is 11.3 Å². The Labute approximate surface area is 105 Å². The molecular weight excluding hydrogens is 233 g/mol. The van der Waals surface area contributed by atoms with Crippen LogP contribution in [0.3, 0.4) is 0 Å². The van der Waals surface area contributed by atoms with Crippen molar-refractivity contribution in [2.75, 3.05) is 7.05 Å². The number of likely N-dealkylation sites (N-methyl/N-ethyl adjacent to an activating group) is 1. The molecule has 1 unspecified atom stereocenters. The van der Waals surface area contributed by atoms with E-state index in [9.17, 15) is 4.39 Å². The lowest BCUT2D eigenvalue weighted by atomic mass is 9.98. The van der Waals surface area contributed by atoms with Gasteiger partial charge in [-0.1, -0.05) is 6.07 Å². The first-order valence-electron chi connectivity index (χ1n) is 5.65. The quantitative estimate of drug-likeness (QED) is 0.871. The Bertz CT molecular complexity index is 479. The van der Waals surface area contributed by atoms with Crippen molar-refractivity contribution in [2.24, 2.45) is 0 Å². The van der Waals surface area contributed by atoms with Gasteiger partial charge in [-0.15, -0.1) is 0 Å². The first-order valence-corrected chi connectivity index (χ1v) is 6.59. The smallest absolute Gasteiger partial charge is 0.123 e. The fraction of sp³-hybridized carbons (Fsp3) is 0.286. The predicted molar refractivity (Wildman–Crippen MR) is 71.0 cm³/mol. The van der Waals surface area contributed by atoms with Crippen LogP contribution in [-0.4, -0.2) is 7.05 Å². The highest BCUT2D eigenvalue weighted by atomic mass is 32.1. The number of hydrogen-bond acceptors (Lipinski definition) is 2. The van der Waals surface area contributed by atoms with Crippen LogP contribution in [0.4, 0.5) is 4.39 Å². The van der Waals surface area contributed by atoms with E-state index in [1.807, 2.05) is 20.0 Å². The molecule has 0 aliphatic rings. The van der Waals surface area contributed by atoms with Gasteiger partial charge >= 0.3 is 0 Å². The van der Waals surface area contributed by atoms with Gasteiger partial charge in [0.05, 0.1) is 0 Å². The fourth-order valence-corrected chi connectivity index (χ4v) is 2.65. The van der Waals surface area contributed by atoms with E-state index in [4.69, 9.17) is 0 Å². The molecule has 1 heterocycles. The lowest BCUT2D eigenvalue weighted by Gasteiger charge is -2.16. The van der Waals surface area contributed by atoms with Gasteiger partial charge < -0.3 is 5.32 Å². The molecule has 0 saturated carbocycles. The van der Waals surface area contributed by atoms with E-state index >= 15 is 0 Å². The first-order chi connectivity index (χ1) is 8.20. The molecule has 0 aliphatic heterocycles. The molecule has 0 radical (unpaired) electrons. The van der Waals surface area contributed by atoms with Crippen molar-refractivity contribution < 1.29 is 4.39 Å². The summed E-state index contributed by atoms with van der Waals surface area (Å²) in [6.45, 7) is 2.02. The highest BCUT2D eigenvalue weighted by Gasteiger charge is 2.12. The van der Waals surface area contributed by atoms with E-state index in [1.165, 1.54) is 11.6 Å². The molecule has 1 aromatic carbocycles. The number of nitrogens with one attached hydrogen (secondary N) is 1. The Hall–Kier alpha value is -1.19. The third-order valence-electron chi connectivity index (χ3n) is 3.03. The summed E-state index contributed by atoms with van der Waals surface area (Å²) in [4.78, 5) is 0. The molecule has 2 rings (SSSR count). The monoisotopic (exact) mass is 249 g/mol. The zero-order valence-corrected chi connectivity index (χ0v) is 10.9. The van der Waals surface area contributed by atoms with Crippen molar-refractivity contribution in [1.29, 1.82) is 0 Å². The van der Waals surface area contributed by atoms with E-state index in [0.717, 1.165) is 17.5 Å². The summed E-state index contributed by atoms with van der Waals surface area (Å²) < 4.78 is 13.2. The van der Waals surface area contributed by atoms with Gasteiger partial charge in [-0.05, 0) is 66.0 Å². The Kier molecular flexibility index (Phi) is 3.92. The molecule has 1 aromatic heterocycles. The van der Waals surface area contributed by atoms with E-state index in [2.05, 4.69) is 22.1 Å². The van der Waals surface area contributed by atoms with Crippen molar-refractivity contribution in [1.82, 2.24) is 5.32 Å². The summed E-state index contributed by atoms with van der Waals surface area (Å²) in [5.41, 5.74) is 3.47. The highest BCUT2D eigenvalue weighted by Crippen LogP contribution is 2.22. The molecule has 0 amide bonds. The van der Waals surface area contributed by atoms with Crippen LogP contribution in [0.15, 0.2) is 35.0 Å². The molecule has 17 heavy (non-hydrogen) atoms. The molecule has 90 valence electrons. The molecule has 0 fully saturated rings. The van der Waals surface area contributed by atoms with Crippen LogP contribution in [0.1, 0.15) is 22.7 Å². The van der Waals surface area contributed by atoms with Gasteiger partial charge in [0, 0.05) is 6.04 Å². The maximum absolute atomic E-state index is 13.2. The van der Waals surface area contributed by atoms with Crippen LogP contribution in [0.5, 0.6) is 0 Å². The SMILES string of the molecule is CNC(Cc1cc(F)ccc1C)c1ccsc1. The van der Waals surface area contributed by atoms with Gasteiger partial charge in [0.25, 0.3) is 0 Å². The molecule has 0 bridgehead atoms. The summed E-state index contributed by atoms with van der Waals surface area (Å²) in [5, 5.41) is 7.49. The summed E-state index contributed by atoms with van der Waals surface area (Å²) in [6, 6.07) is 7.34. The molecule has 1 nitrogen and oxygen atoms in total. The second-order valence-electron chi connectivity index (χ2n) is 4.17. The van der Waals surface area contributed by atoms with Crippen LogP contribution in [0, 0.1) is 12.7 Å². The van der Waals surface area contributed by atoms with E-state index in [1.54, 1.807) is 17.4 Å². The molecule has 0 saturated heterocycles. The van der Waals surface area contributed by atoms with Crippen LogP contribution >= 0.6 is 11.3 Å². The van der Waals surface area contributed by atoms with Crippen LogP contribution in [0.2, 0.25) is 0 Å². The number of rotatable bonds is 4. The average Bonchev–Trinajstić information content (AvgIpc) is 2.84. The molecule has 0 aliphatic carbocycles. The average molecular weight is 249 g/mol. The van der Waals surface area contributed by atoms with Gasteiger partial charge in [-0.3, -0.25) is 0 Å². The van der Waals surface area contributed by atoms with Crippen LogP contribution in [-0.2, 0) is 6.42 Å². The minimum Gasteiger partial charge on any atom is -0.313 e. The first kappa shape index (κ1) is 12.3. The number of halogens is 1. The molecular formula is C14H16FNS. The summed E-state index contributed by atoms with van der Waals surface area (Å²) in [5.74, 6) is -0.161. The third kappa shape index (κ3) is 2.93. The third-order valence-corrected chi connectivity index (χ3v) is 3.73. The van der Waals surface area contributed by atoms with Crippen molar-refractivity contribution in [3.8, 4) is 0 Å². The van der Waals surface area contributed by atoms with Crippen LogP contribution < -0.4 is 5.32 Å². The zero-order valence-electron chi connectivity index (χ0n) is 10.0. The second-order valence-corrected chi connectivity index (χ2v) is 4.95. The Morgan fingerprint density at radius 3 is 2.82 bits per heavy atom. The van der Waals surface area contributed by atoms with Gasteiger partial charge in [0.1, 0.15) is 5.82 Å². The minimum absolute atomic E-state index is 0.161. The van der Waals surface area contributed by atoms with Gasteiger partial charge in [-0.25, -0.2) is 4.39 Å². The minimum atomic E-state index is -0.161. The normalized spacial score (nSPS) is 12.6. The summed E-state index contributed by atoms with van der Waals surface area (Å²) in [6.07, 6.45) is 0.816. The lowest BCUT2D eigenvalue weighted by molar-refractivity contribution is 0.584. The van der Waals surface area contributed by atoms with Crippen molar-refractivity contribution in [3.05, 3.63) is 57.5 Å². The number of aryl methyl sites for hydroxylation is 1. The highest BCUT2D eigenvalue weighted by molar-refractivity contribution is 7.07. The van der Waals surface area contributed by atoms with E-state index in [-0.39, 0.29) is 11.9 Å². The maximum atomic E-state index is 13.2. The molecule has 3 heteroatoms. The zero-order chi connectivity index (χ0) is 12.3. The van der Waals surface area contributed by atoms with Gasteiger partial charge in [0.2, 0.25) is 0 Å².